The average molecular weight is 326 g/mol. The molecule has 1 saturated heterocycles. The van der Waals surface area contributed by atoms with Crippen molar-refractivity contribution in [3.63, 3.8) is 0 Å². The van der Waals surface area contributed by atoms with Gasteiger partial charge in [0, 0.05) is 29.3 Å². The summed E-state index contributed by atoms with van der Waals surface area (Å²) in [7, 11) is 0. The van der Waals surface area contributed by atoms with Gasteiger partial charge in [-0.05, 0) is 44.5 Å². The van der Waals surface area contributed by atoms with Crippen molar-refractivity contribution < 1.29 is 4.79 Å². The molecule has 1 unspecified atom stereocenters. The number of hydrogen-bond donors (Lipinski definition) is 2. The first kappa shape index (κ1) is 14.3. The molecule has 19 heavy (non-hydrogen) atoms. The van der Waals surface area contributed by atoms with E-state index in [9.17, 15) is 4.79 Å². The zero-order valence-corrected chi connectivity index (χ0v) is 12.7. The number of anilines is 1. The van der Waals surface area contributed by atoms with Crippen molar-refractivity contribution in [1.82, 2.24) is 5.32 Å². The highest BCUT2D eigenvalue weighted by Gasteiger charge is 2.20. The van der Waals surface area contributed by atoms with Crippen molar-refractivity contribution >= 4 is 27.5 Å². The molecule has 0 aliphatic carbocycles. The first-order chi connectivity index (χ1) is 9.11. The fourth-order valence-corrected chi connectivity index (χ4v) is 2.92. The van der Waals surface area contributed by atoms with Crippen LogP contribution in [0.15, 0.2) is 22.7 Å². The molecule has 104 valence electrons. The molecule has 1 amide bonds. The maximum atomic E-state index is 11.6. The van der Waals surface area contributed by atoms with Gasteiger partial charge in [0.1, 0.15) is 0 Å². The van der Waals surface area contributed by atoms with Crippen molar-refractivity contribution in [3.05, 3.63) is 28.2 Å². The Labute approximate surface area is 122 Å². The van der Waals surface area contributed by atoms with E-state index in [1.807, 2.05) is 12.1 Å². The lowest BCUT2D eigenvalue weighted by atomic mass is 10.1. The molecular formula is C14H20BrN3O. The van der Waals surface area contributed by atoms with Gasteiger partial charge in [-0.15, -0.1) is 0 Å². The SMILES string of the molecule is CCN(CC1CCCN1)c1ccc(Br)cc1C(N)=O. The number of carbonyl (C=O) groups is 1. The summed E-state index contributed by atoms with van der Waals surface area (Å²) < 4.78 is 0.875. The number of hydrogen-bond acceptors (Lipinski definition) is 3. The fourth-order valence-electron chi connectivity index (χ4n) is 2.56. The summed E-state index contributed by atoms with van der Waals surface area (Å²) in [6.45, 7) is 4.96. The smallest absolute Gasteiger partial charge is 0.250 e. The Balaban J connectivity index is 2.23. The third-order valence-corrected chi connectivity index (χ3v) is 4.04. The van der Waals surface area contributed by atoms with E-state index in [0.29, 0.717) is 11.6 Å². The predicted molar refractivity (Wildman–Crippen MR) is 81.6 cm³/mol. The minimum atomic E-state index is -0.380. The van der Waals surface area contributed by atoms with E-state index in [2.05, 4.69) is 33.1 Å². The van der Waals surface area contributed by atoms with Crippen LogP contribution in [0, 0.1) is 0 Å². The summed E-state index contributed by atoms with van der Waals surface area (Å²) in [5.41, 5.74) is 6.98. The van der Waals surface area contributed by atoms with Gasteiger partial charge in [0.2, 0.25) is 0 Å². The number of carbonyl (C=O) groups excluding carboxylic acids is 1. The van der Waals surface area contributed by atoms with Crippen LogP contribution in [0.3, 0.4) is 0 Å². The van der Waals surface area contributed by atoms with E-state index in [1.54, 1.807) is 6.07 Å². The monoisotopic (exact) mass is 325 g/mol. The van der Waals surface area contributed by atoms with Gasteiger partial charge in [0.25, 0.3) is 5.91 Å². The lowest BCUT2D eigenvalue weighted by molar-refractivity contribution is 0.100. The number of halogens is 1. The van der Waals surface area contributed by atoms with Gasteiger partial charge in [0.15, 0.2) is 0 Å². The molecule has 1 aromatic rings. The van der Waals surface area contributed by atoms with Crippen LogP contribution in [0.4, 0.5) is 5.69 Å². The number of nitrogens with one attached hydrogen (secondary N) is 1. The van der Waals surface area contributed by atoms with Crippen LogP contribution < -0.4 is 16.0 Å². The van der Waals surface area contributed by atoms with Gasteiger partial charge in [-0.25, -0.2) is 0 Å². The summed E-state index contributed by atoms with van der Waals surface area (Å²) >= 11 is 3.39. The molecule has 0 saturated carbocycles. The minimum Gasteiger partial charge on any atom is -0.370 e. The maximum Gasteiger partial charge on any atom is 0.250 e. The number of nitrogens with two attached hydrogens (primary N) is 1. The van der Waals surface area contributed by atoms with Crippen LogP contribution in [0.25, 0.3) is 0 Å². The highest BCUT2D eigenvalue weighted by molar-refractivity contribution is 9.10. The second kappa shape index (κ2) is 6.39. The van der Waals surface area contributed by atoms with Crippen LogP contribution >= 0.6 is 15.9 Å². The van der Waals surface area contributed by atoms with E-state index >= 15 is 0 Å². The standard InChI is InChI=1S/C14H20BrN3O/c1-2-18(9-11-4-3-7-17-11)13-6-5-10(15)8-12(13)14(16)19/h5-6,8,11,17H,2-4,7,9H2,1H3,(H2,16,19). The molecule has 0 spiro atoms. The average Bonchev–Trinajstić information content (AvgIpc) is 2.89. The van der Waals surface area contributed by atoms with Gasteiger partial charge in [0.05, 0.1) is 5.56 Å². The van der Waals surface area contributed by atoms with Crippen molar-refractivity contribution in [2.75, 3.05) is 24.5 Å². The van der Waals surface area contributed by atoms with Gasteiger partial charge in [-0.2, -0.15) is 0 Å². The first-order valence-electron chi connectivity index (χ1n) is 6.69. The van der Waals surface area contributed by atoms with Crippen LogP contribution in [-0.4, -0.2) is 31.6 Å². The lowest BCUT2D eigenvalue weighted by Crippen LogP contribution is -2.38. The van der Waals surface area contributed by atoms with Gasteiger partial charge < -0.3 is 16.0 Å². The summed E-state index contributed by atoms with van der Waals surface area (Å²) in [5, 5.41) is 3.48. The van der Waals surface area contributed by atoms with Crippen molar-refractivity contribution in [2.24, 2.45) is 5.73 Å². The normalized spacial score (nSPS) is 18.5. The van der Waals surface area contributed by atoms with Crippen LogP contribution in [-0.2, 0) is 0 Å². The molecule has 1 fully saturated rings. The van der Waals surface area contributed by atoms with Crippen LogP contribution in [0.2, 0.25) is 0 Å². The van der Waals surface area contributed by atoms with E-state index in [1.165, 1.54) is 12.8 Å². The van der Waals surface area contributed by atoms with E-state index < -0.39 is 0 Å². The highest BCUT2D eigenvalue weighted by Crippen LogP contribution is 2.25. The van der Waals surface area contributed by atoms with Crippen molar-refractivity contribution in [1.29, 1.82) is 0 Å². The molecule has 1 atom stereocenters. The quantitative estimate of drug-likeness (QED) is 0.871. The molecule has 3 N–H and O–H groups in total. The van der Waals surface area contributed by atoms with E-state index in [0.717, 1.165) is 29.8 Å². The Morgan fingerprint density at radius 3 is 2.95 bits per heavy atom. The molecule has 1 aromatic carbocycles. The van der Waals surface area contributed by atoms with Crippen molar-refractivity contribution in [3.8, 4) is 0 Å². The molecule has 1 aliphatic heterocycles. The molecule has 2 rings (SSSR count). The molecule has 4 nitrogen and oxygen atoms in total. The molecule has 0 bridgehead atoms. The van der Waals surface area contributed by atoms with Gasteiger partial charge >= 0.3 is 0 Å². The number of nitrogens with zero attached hydrogens (tertiary/aromatic N) is 1. The molecule has 1 heterocycles. The zero-order chi connectivity index (χ0) is 13.8. The predicted octanol–water partition coefficient (Wildman–Crippen LogP) is 2.13. The number of rotatable bonds is 5. The Hall–Kier alpha value is -1.07. The number of likely N-dealkylation sites (N-methyl/N-ethyl adjacent to an activating group) is 1. The third kappa shape index (κ3) is 3.48. The zero-order valence-electron chi connectivity index (χ0n) is 11.2. The number of benzene rings is 1. The fraction of sp³-hybridized carbons (Fsp3) is 0.500. The Bertz CT molecular complexity index is 458. The Morgan fingerprint density at radius 2 is 2.37 bits per heavy atom. The second-order valence-corrected chi connectivity index (χ2v) is 5.77. The maximum absolute atomic E-state index is 11.6. The summed E-state index contributed by atoms with van der Waals surface area (Å²) in [6.07, 6.45) is 2.42. The molecule has 1 aliphatic rings. The molecular weight excluding hydrogens is 306 g/mol. The van der Waals surface area contributed by atoms with Crippen LogP contribution in [0.5, 0.6) is 0 Å². The van der Waals surface area contributed by atoms with Crippen molar-refractivity contribution in [2.45, 2.75) is 25.8 Å². The Kier molecular flexibility index (Phi) is 4.82. The minimum absolute atomic E-state index is 0.380. The Morgan fingerprint density at radius 1 is 1.58 bits per heavy atom. The summed E-state index contributed by atoms with van der Waals surface area (Å²) in [5.74, 6) is -0.380. The van der Waals surface area contributed by atoms with Crippen LogP contribution in [0.1, 0.15) is 30.1 Å². The van der Waals surface area contributed by atoms with E-state index in [-0.39, 0.29) is 5.91 Å². The number of amides is 1. The topological polar surface area (TPSA) is 58.4 Å². The number of primary amides is 1. The lowest BCUT2D eigenvalue weighted by Gasteiger charge is -2.28. The van der Waals surface area contributed by atoms with Gasteiger partial charge in [-0.3, -0.25) is 4.79 Å². The first-order valence-corrected chi connectivity index (χ1v) is 7.48. The molecule has 0 radical (unpaired) electrons. The van der Waals surface area contributed by atoms with Gasteiger partial charge in [-0.1, -0.05) is 15.9 Å². The summed E-state index contributed by atoms with van der Waals surface area (Å²) in [6, 6.07) is 6.21. The highest BCUT2D eigenvalue weighted by atomic mass is 79.9. The van der Waals surface area contributed by atoms with E-state index in [4.69, 9.17) is 5.73 Å². The molecule has 5 heteroatoms. The molecule has 0 aromatic heterocycles. The summed E-state index contributed by atoms with van der Waals surface area (Å²) in [4.78, 5) is 13.8. The second-order valence-electron chi connectivity index (χ2n) is 4.86. The third-order valence-electron chi connectivity index (χ3n) is 3.55. The largest absolute Gasteiger partial charge is 0.370 e.